The van der Waals surface area contributed by atoms with Gasteiger partial charge in [0.1, 0.15) is 5.75 Å². The van der Waals surface area contributed by atoms with E-state index in [-0.39, 0.29) is 11.9 Å². The molecule has 124 valence electrons. The number of hydrogen-bond acceptors (Lipinski definition) is 3. The van der Waals surface area contributed by atoms with E-state index in [9.17, 15) is 4.79 Å². The summed E-state index contributed by atoms with van der Waals surface area (Å²) in [5, 5.41) is 5.01. The average Bonchev–Trinajstić information content (AvgIpc) is 3.29. The first-order valence-corrected chi connectivity index (χ1v) is 8.83. The Balaban J connectivity index is 1.75. The lowest BCUT2D eigenvalue weighted by molar-refractivity contribution is -0.116. The Morgan fingerprint density at radius 3 is 2.67 bits per heavy atom. The summed E-state index contributed by atoms with van der Waals surface area (Å²) in [6.45, 7) is 2.49. The first kappa shape index (κ1) is 16.3. The predicted molar refractivity (Wildman–Crippen MR) is 97.7 cm³/mol. The Morgan fingerprint density at radius 2 is 1.96 bits per heavy atom. The number of para-hydroxylation sites is 2. The second-order valence-electron chi connectivity index (χ2n) is 5.34. The van der Waals surface area contributed by atoms with Crippen LogP contribution < -0.4 is 10.1 Å². The van der Waals surface area contributed by atoms with Gasteiger partial charge in [-0.25, -0.2) is 0 Å². The minimum absolute atomic E-state index is 0.000689. The molecule has 5 heteroatoms. The normalized spacial score (nSPS) is 11.9. The van der Waals surface area contributed by atoms with Crippen molar-refractivity contribution in [1.82, 2.24) is 4.57 Å². The molecule has 2 aromatic heterocycles. The lowest BCUT2D eigenvalue weighted by Gasteiger charge is -2.18. The smallest absolute Gasteiger partial charge is 0.226 e. The number of thiophene rings is 1. The molecule has 0 saturated heterocycles. The van der Waals surface area contributed by atoms with Gasteiger partial charge in [0, 0.05) is 17.3 Å². The van der Waals surface area contributed by atoms with Gasteiger partial charge in [0.2, 0.25) is 5.91 Å². The van der Waals surface area contributed by atoms with Crippen molar-refractivity contribution in [2.45, 2.75) is 19.4 Å². The SMILES string of the molecule is CCOc1ccccc1NC(=O)CC(c1cccs1)n1cccc1. The van der Waals surface area contributed by atoms with Gasteiger partial charge in [-0.05, 0) is 42.6 Å². The van der Waals surface area contributed by atoms with Crippen molar-refractivity contribution in [3.05, 3.63) is 71.2 Å². The summed E-state index contributed by atoms with van der Waals surface area (Å²) in [7, 11) is 0. The molecule has 0 aliphatic heterocycles. The minimum atomic E-state index is -0.0331. The van der Waals surface area contributed by atoms with Crippen molar-refractivity contribution >= 4 is 22.9 Å². The fourth-order valence-electron chi connectivity index (χ4n) is 2.62. The molecule has 0 aliphatic carbocycles. The number of carbonyl (C=O) groups is 1. The van der Waals surface area contributed by atoms with E-state index in [1.54, 1.807) is 11.3 Å². The summed E-state index contributed by atoms with van der Waals surface area (Å²) in [6, 6.07) is 15.5. The average molecular weight is 340 g/mol. The molecular formula is C19H20N2O2S. The van der Waals surface area contributed by atoms with Gasteiger partial charge >= 0.3 is 0 Å². The molecule has 0 radical (unpaired) electrons. The van der Waals surface area contributed by atoms with Gasteiger partial charge in [-0.1, -0.05) is 18.2 Å². The van der Waals surface area contributed by atoms with Crippen molar-refractivity contribution in [1.29, 1.82) is 0 Å². The highest BCUT2D eigenvalue weighted by Gasteiger charge is 2.19. The molecule has 1 atom stereocenters. The third-order valence-electron chi connectivity index (χ3n) is 3.70. The quantitative estimate of drug-likeness (QED) is 0.685. The van der Waals surface area contributed by atoms with Crippen molar-refractivity contribution in [3.8, 4) is 5.75 Å². The molecular weight excluding hydrogens is 320 g/mol. The van der Waals surface area contributed by atoms with Crippen LogP contribution in [0.25, 0.3) is 0 Å². The topological polar surface area (TPSA) is 43.3 Å². The molecule has 0 bridgehead atoms. The lowest BCUT2D eigenvalue weighted by atomic mass is 10.1. The Kier molecular flexibility index (Phi) is 5.33. The molecule has 3 aromatic rings. The largest absolute Gasteiger partial charge is 0.492 e. The Labute approximate surface area is 145 Å². The van der Waals surface area contributed by atoms with Gasteiger partial charge in [-0.2, -0.15) is 0 Å². The molecule has 24 heavy (non-hydrogen) atoms. The van der Waals surface area contributed by atoms with Crippen LogP contribution in [0.1, 0.15) is 24.3 Å². The maximum Gasteiger partial charge on any atom is 0.226 e. The number of nitrogens with zero attached hydrogens (tertiary/aromatic N) is 1. The number of anilines is 1. The molecule has 2 heterocycles. The zero-order chi connectivity index (χ0) is 16.8. The number of aromatic nitrogens is 1. The maximum absolute atomic E-state index is 12.6. The second-order valence-corrected chi connectivity index (χ2v) is 6.32. The standard InChI is InChI=1S/C19H20N2O2S/c1-2-23-17-9-4-3-8-15(17)20-19(22)14-16(18-10-7-13-24-18)21-11-5-6-12-21/h3-13,16H,2,14H2,1H3,(H,20,22). The fraction of sp³-hybridized carbons (Fsp3) is 0.211. The number of rotatable bonds is 7. The Morgan fingerprint density at radius 1 is 1.17 bits per heavy atom. The molecule has 3 rings (SSSR count). The van der Waals surface area contributed by atoms with E-state index in [2.05, 4.69) is 16.0 Å². The summed E-state index contributed by atoms with van der Waals surface area (Å²) in [6.07, 6.45) is 4.35. The number of nitrogens with one attached hydrogen (secondary N) is 1. The van der Waals surface area contributed by atoms with Crippen molar-refractivity contribution in [3.63, 3.8) is 0 Å². The van der Waals surface area contributed by atoms with Gasteiger partial charge in [-0.3, -0.25) is 4.79 Å². The molecule has 4 nitrogen and oxygen atoms in total. The molecule has 1 amide bonds. The fourth-order valence-corrected chi connectivity index (χ4v) is 3.45. The van der Waals surface area contributed by atoms with E-state index >= 15 is 0 Å². The predicted octanol–water partition coefficient (Wildman–Crippen LogP) is 4.57. The Bertz CT molecular complexity index is 732. The van der Waals surface area contributed by atoms with E-state index in [0.717, 1.165) is 0 Å². The summed E-state index contributed by atoms with van der Waals surface area (Å²) < 4.78 is 7.64. The first-order chi connectivity index (χ1) is 11.8. The third kappa shape index (κ3) is 3.86. The van der Waals surface area contributed by atoms with Crippen LogP contribution in [0, 0.1) is 0 Å². The van der Waals surface area contributed by atoms with E-state index in [4.69, 9.17) is 4.74 Å². The highest BCUT2D eigenvalue weighted by Crippen LogP contribution is 2.28. The van der Waals surface area contributed by atoms with Gasteiger partial charge in [0.05, 0.1) is 24.8 Å². The van der Waals surface area contributed by atoms with Crippen molar-refractivity contribution in [2.75, 3.05) is 11.9 Å². The summed E-state index contributed by atoms with van der Waals surface area (Å²) in [5.74, 6) is 0.663. The zero-order valence-electron chi connectivity index (χ0n) is 13.5. The van der Waals surface area contributed by atoms with Gasteiger partial charge in [0.15, 0.2) is 0 Å². The highest BCUT2D eigenvalue weighted by molar-refractivity contribution is 7.10. The zero-order valence-corrected chi connectivity index (χ0v) is 14.3. The number of benzene rings is 1. The number of amides is 1. The Hall–Kier alpha value is -2.53. The molecule has 0 fully saturated rings. The number of ether oxygens (including phenoxy) is 1. The summed E-state index contributed by atoms with van der Waals surface area (Å²) in [4.78, 5) is 13.8. The number of hydrogen-bond donors (Lipinski definition) is 1. The second kappa shape index (κ2) is 7.84. The van der Waals surface area contributed by atoms with Crippen LogP contribution in [-0.4, -0.2) is 17.1 Å². The molecule has 0 saturated carbocycles. The minimum Gasteiger partial charge on any atom is -0.492 e. The van der Waals surface area contributed by atoms with Gasteiger partial charge < -0.3 is 14.6 Å². The van der Waals surface area contributed by atoms with E-state index in [0.29, 0.717) is 24.5 Å². The number of carbonyl (C=O) groups excluding carboxylic acids is 1. The van der Waals surface area contributed by atoms with Gasteiger partial charge in [-0.15, -0.1) is 11.3 Å². The molecule has 0 spiro atoms. The van der Waals surface area contributed by atoms with Crippen LogP contribution >= 0.6 is 11.3 Å². The first-order valence-electron chi connectivity index (χ1n) is 7.95. The van der Waals surface area contributed by atoms with Crippen molar-refractivity contribution < 1.29 is 9.53 Å². The van der Waals surface area contributed by atoms with Crippen LogP contribution in [0.3, 0.4) is 0 Å². The third-order valence-corrected chi connectivity index (χ3v) is 4.67. The lowest BCUT2D eigenvalue weighted by Crippen LogP contribution is -2.19. The van der Waals surface area contributed by atoms with E-state index in [1.807, 2.05) is 67.2 Å². The molecule has 1 aromatic carbocycles. The van der Waals surface area contributed by atoms with E-state index < -0.39 is 0 Å². The summed E-state index contributed by atoms with van der Waals surface area (Å²) in [5.41, 5.74) is 0.710. The molecule has 1 unspecified atom stereocenters. The van der Waals surface area contributed by atoms with Crippen LogP contribution in [0.2, 0.25) is 0 Å². The monoisotopic (exact) mass is 340 g/mol. The van der Waals surface area contributed by atoms with E-state index in [1.165, 1.54) is 4.88 Å². The maximum atomic E-state index is 12.6. The molecule has 1 N–H and O–H groups in total. The van der Waals surface area contributed by atoms with Crippen molar-refractivity contribution in [2.24, 2.45) is 0 Å². The summed E-state index contributed by atoms with van der Waals surface area (Å²) >= 11 is 1.66. The van der Waals surface area contributed by atoms with Crippen LogP contribution in [0.15, 0.2) is 66.3 Å². The van der Waals surface area contributed by atoms with Crippen LogP contribution in [-0.2, 0) is 4.79 Å². The molecule has 0 aliphatic rings. The van der Waals surface area contributed by atoms with Gasteiger partial charge in [0.25, 0.3) is 0 Å². The van der Waals surface area contributed by atoms with Crippen LogP contribution in [0.4, 0.5) is 5.69 Å². The van der Waals surface area contributed by atoms with Crippen LogP contribution in [0.5, 0.6) is 5.75 Å². The highest BCUT2D eigenvalue weighted by atomic mass is 32.1.